The lowest BCUT2D eigenvalue weighted by atomic mass is 10.0. The molecule has 0 radical (unpaired) electrons. The highest BCUT2D eigenvalue weighted by molar-refractivity contribution is 7.80. The van der Waals surface area contributed by atoms with Crippen molar-refractivity contribution >= 4 is 65.3 Å². The smallest absolute Gasteiger partial charge is 0.472 e. The number of nitrogens with one attached hydrogen (secondary N) is 2. The van der Waals surface area contributed by atoms with Crippen LogP contribution in [0.4, 0.5) is 0 Å². The van der Waals surface area contributed by atoms with Crippen molar-refractivity contribution in [2.45, 2.75) is 64.2 Å². The fraction of sp³-hybridized carbons (Fsp3) is 0.409. The highest BCUT2D eigenvalue weighted by atomic mass is 32.1. The third-order valence-corrected chi connectivity index (χ3v) is 11.6. The summed E-state index contributed by atoms with van der Waals surface area (Å²) in [5, 5.41) is 26.3. The Bertz CT molecular complexity index is 2100. The van der Waals surface area contributed by atoms with Gasteiger partial charge >= 0.3 is 15.6 Å². The summed E-state index contributed by atoms with van der Waals surface area (Å²) in [6.07, 6.45) is 7.75. The van der Waals surface area contributed by atoms with Gasteiger partial charge in [-0.3, -0.25) is 37.3 Å². The second-order valence-corrected chi connectivity index (χ2v) is 17.8. The molecule has 3 rings (SSSR count). The van der Waals surface area contributed by atoms with Gasteiger partial charge in [0.05, 0.1) is 48.7 Å². The number of carbonyl (C=O) groups excluding carboxylic acids is 4. The van der Waals surface area contributed by atoms with Crippen LogP contribution in [0.3, 0.4) is 0 Å². The van der Waals surface area contributed by atoms with Crippen LogP contribution < -0.4 is 10.6 Å². The van der Waals surface area contributed by atoms with Crippen LogP contribution in [-0.2, 0) is 27.2 Å². The zero-order valence-corrected chi connectivity index (χ0v) is 38.7. The van der Waals surface area contributed by atoms with Gasteiger partial charge in [-0.05, 0) is 98.6 Å². The molecule has 0 aliphatic carbocycles. The number of thiol groups is 2. The molecule has 0 saturated heterocycles. The molecule has 16 nitrogen and oxygen atoms in total. The summed E-state index contributed by atoms with van der Waals surface area (Å²) < 4.78 is 44.0. The number of rotatable bonds is 28. The van der Waals surface area contributed by atoms with Crippen molar-refractivity contribution in [3.63, 3.8) is 0 Å². The summed E-state index contributed by atoms with van der Waals surface area (Å²) >= 11 is 8.28. The standard InChI is InChI=1S/C44H54N2O14P2S2/c47-31-37-27-35(29-39(41(37)49)43(51)45-19-9-23-59-61(53,54)57-21-5-1-3-7-25-63)17-15-33-11-13-34(14-12-33)16-18-36-28-38(32-48)42(50)40(30-36)44(52)46-20-10-24-60-62(55,56)58-22-6-2-4-8-26-64/h11-14,27-32,49-50,63-64H,1-10,19-26H2,(H,45,51)(H,46,52)(H,53,54)(H,55,56). The maximum atomic E-state index is 12.9. The summed E-state index contributed by atoms with van der Waals surface area (Å²) in [4.78, 5) is 68.9. The van der Waals surface area contributed by atoms with Crippen LogP contribution in [0.1, 0.15) is 128 Å². The molecular formula is C44H54N2O14P2S2. The molecule has 0 heterocycles. The number of unbranched alkanes of at least 4 members (excludes halogenated alkanes) is 6. The maximum Gasteiger partial charge on any atom is 0.472 e. The van der Waals surface area contributed by atoms with E-state index < -0.39 is 39.0 Å². The summed E-state index contributed by atoms with van der Waals surface area (Å²) in [5.41, 5.74) is 0.887. The first-order valence-corrected chi connectivity index (χ1v) is 24.8. The highest BCUT2D eigenvalue weighted by Crippen LogP contribution is 2.44. The van der Waals surface area contributed by atoms with E-state index in [1.807, 2.05) is 0 Å². The average Bonchev–Trinajstić information content (AvgIpc) is 3.27. The number of carbonyl (C=O) groups is 4. The van der Waals surface area contributed by atoms with Crippen LogP contribution in [0.25, 0.3) is 0 Å². The van der Waals surface area contributed by atoms with Crippen molar-refractivity contribution in [3.05, 3.63) is 93.0 Å². The second kappa shape index (κ2) is 29.2. The largest absolute Gasteiger partial charge is 0.506 e. The van der Waals surface area contributed by atoms with Crippen molar-refractivity contribution in [1.29, 1.82) is 0 Å². The van der Waals surface area contributed by atoms with E-state index in [0.29, 0.717) is 36.5 Å². The molecule has 0 saturated carbocycles. The van der Waals surface area contributed by atoms with Crippen LogP contribution in [0.2, 0.25) is 0 Å². The van der Waals surface area contributed by atoms with Gasteiger partial charge in [0.25, 0.3) is 11.8 Å². The molecule has 346 valence electrons. The maximum absolute atomic E-state index is 12.9. The number of hydrogen-bond donors (Lipinski definition) is 8. The van der Waals surface area contributed by atoms with E-state index in [1.165, 1.54) is 24.3 Å². The first-order chi connectivity index (χ1) is 30.7. The Hall–Kier alpha value is -4.42. The predicted molar refractivity (Wildman–Crippen MR) is 247 cm³/mol. The van der Waals surface area contributed by atoms with E-state index >= 15 is 0 Å². The Morgan fingerprint density at radius 3 is 1.20 bits per heavy atom. The summed E-state index contributed by atoms with van der Waals surface area (Å²) in [6.45, 7) is -0.167. The zero-order chi connectivity index (χ0) is 46.8. The molecule has 0 bridgehead atoms. The number of amides is 2. The molecule has 0 aromatic heterocycles. The van der Waals surface area contributed by atoms with Crippen LogP contribution in [0.5, 0.6) is 11.5 Å². The number of phosphoric ester groups is 2. The van der Waals surface area contributed by atoms with Crippen LogP contribution in [-0.4, -0.2) is 95.4 Å². The molecule has 0 fully saturated rings. The first kappa shape index (κ1) is 53.9. The van der Waals surface area contributed by atoms with Gasteiger partial charge < -0.3 is 30.6 Å². The second-order valence-electron chi connectivity index (χ2n) is 14.0. The van der Waals surface area contributed by atoms with Crippen LogP contribution in [0.15, 0.2) is 48.5 Å². The molecule has 3 aromatic carbocycles. The van der Waals surface area contributed by atoms with E-state index in [4.69, 9.17) is 18.1 Å². The molecular weight excluding hydrogens is 907 g/mol. The molecule has 2 unspecified atom stereocenters. The number of phenols is 2. The third kappa shape index (κ3) is 20.2. The van der Waals surface area contributed by atoms with Gasteiger partial charge in [-0.1, -0.05) is 49.4 Å². The summed E-state index contributed by atoms with van der Waals surface area (Å²) in [5.74, 6) is 10.7. The lowest BCUT2D eigenvalue weighted by molar-refractivity contribution is 0.0936. The molecule has 64 heavy (non-hydrogen) atoms. The first-order valence-electron chi connectivity index (χ1n) is 20.5. The highest BCUT2D eigenvalue weighted by Gasteiger charge is 2.22. The molecule has 0 spiro atoms. The number of aldehydes is 2. The quantitative estimate of drug-likeness (QED) is 0.0120. The SMILES string of the molecule is O=Cc1cc(C#Cc2ccc(C#Cc3cc(C=O)c(O)c(C(=O)NCCCOP(=O)(O)OCCCCCCS)c3)cc2)cc(C(=O)NCCCOP(=O)(O)OCCCCCCS)c1O. The minimum absolute atomic E-state index is 0.0232. The van der Waals surface area contributed by atoms with Gasteiger partial charge in [-0.2, -0.15) is 25.3 Å². The van der Waals surface area contributed by atoms with Crippen molar-refractivity contribution < 1.29 is 66.4 Å². The van der Waals surface area contributed by atoms with Gasteiger partial charge in [-0.15, -0.1) is 0 Å². The lowest BCUT2D eigenvalue weighted by Gasteiger charge is -2.12. The van der Waals surface area contributed by atoms with Gasteiger partial charge in [-0.25, -0.2) is 9.13 Å². The molecule has 0 aliphatic rings. The van der Waals surface area contributed by atoms with Gasteiger partial charge in [0.2, 0.25) is 0 Å². The molecule has 6 N–H and O–H groups in total. The lowest BCUT2D eigenvalue weighted by Crippen LogP contribution is -2.25. The fourth-order valence-electron chi connectivity index (χ4n) is 5.58. The van der Waals surface area contributed by atoms with E-state index in [1.54, 1.807) is 24.3 Å². The third-order valence-electron chi connectivity index (χ3n) is 8.95. The Kier molecular flexibility index (Phi) is 24.6. The zero-order valence-electron chi connectivity index (χ0n) is 35.2. The Balaban J connectivity index is 1.56. The predicted octanol–water partition coefficient (Wildman–Crippen LogP) is 7.01. The molecule has 2 amide bonds. The number of benzene rings is 3. The monoisotopic (exact) mass is 960 g/mol. The molecule has 0 aliphatic heterocycles. The number of aromatic hydroxyl groups is 2. The normalized spacial score (nSPS) is 12.7. The molecule has 20 heteroatoms. The van der Waals surface area contributed by atoms with Crippen molar-refractivity contribution in [1.82, 2.24) is 10.6 Å². The van der Waals surface area contributed by atoms with Crippen LogP contribution >= 0.6 is 40.9 Å². The van der Waals surface area contributed by atoms with Crippen LogP contribution in [0, 0.1) is 23.7 Å². The van der Waals surface area contributed by atoms with E-state index in [-0.39, 0.29) is 85.7 Å². The molecule has 3 aromatic rings. The van der Waals surface area contributed by atoms with Gasteiger partial charge in [0.15, 0.2) is 12.6 Å². The number of hydrogen-bond acceptors (Lipinski definition) is 14. The fourth-order valence-corrected chi connectivity index (χ4v) is 7.61. The minimum Gasteiger partial charge on any atom is -0.506 e. The van der Waals surface area contributed by atoms with Gasteiger partial charge in [0.1, 0.15) is 11.5 Å². The van der Waals surface area contributed by atoms with Crippen molar-refractivity contribution in [2.24, 2.45) is 0 Å². The molecule has 2 atom stereocenters. The Morgan fingerprint density at radius 1 is 0.531 bits per heavy atom. The summed E-state index contributed by atoms with van der Waals surface area (Å²) in [6, 6.07) is 12.0. The van der Waals surface area contributed by atoms with Crippen molar-refractivity contribution in [2.75, 3.05) is 51.0 Å². The van der Waals surface area contributed by atoms with E-state index in [0.717, 1.165) is 50.0 Å². The summed E-state index contributed by atoms with van der Waals surface area (Å²) in [7, 11) is -8.49. The Labute approximate surface area is 384 Å². The Morgan fingerprint density at radius 2 is 0.859 bits per heavy atom. The van der Waals surface area contributed by atoms with Gasteiger partial charge in [0, 0.05) is 35.3 Å². The van der Waals surface area contributed by atoms with Crippen molar-refractivity contribution in [3.8, 4) is 35.2 Å². The number of phosphoric acid groups is 2. The topological polar surface area (TPSA) is 244 Å². The minimum atomic E-state index is -4.24. The van der Waals surface area contributed by atoms with E-state index in [2.05, 4.69) is 59.6 Å². The number of phenolic OH excluding ortho intramolecular Hbond substituents is 2. The van der Waals surface area contributed by atoms with E-state index in [9.17, 15) is 48.3 Å². The average molecular weight is 961 g/mol.